The van der Waals surface area contributed by atoms with Crippen LogP contribution in [0.4, 0.5) is 5.82 Å². The fraction of sp³-hybridized carbons (Fsp3) is 0.200. The van der Waals surface area contributed by atoms with Crippen molar-refractivity contribution >= 4 is 72.3 Å². The summed E-state index contributed by atoms with van der Waals surface area (Å²) in [5.41, 5.74) is 8.41. The molecule has 8 heterocycles. The molecule has 0 aliphatic carbocycles. The van der Waals surface area contributed by atoms with Gasteiger partial charge < -0.3 is 19.7 Å². The van der Waals surface area contributed by atoms with Crippen molar-refractivity contribution in [1.82, 2.24) is 59.1 Å². The van der Waals surface area contributed by atoms with Gasteiger partial charge in [-0.3, -0.25) is 4.98 Å². The number of hydrogen-bond donors (Lipinski definition) is 2. The minimum Gasteiger partial charge on any atom is -0.374 e. The fourth-order valence-corrected chi connectivity index (χ4v) is 13.7. The average Bonchev–Trinajstić information content (AvgIpc) is 1.20. The van der Waals surface area contributed by atoms with Gasteiger partial charge in [-0.2, -0.15) is 10.2 Å². The SMILES string of the molecule is Cc1ccc(C(O)(c2ccc3nc(N4CCC4c4ccn(-c5ccc(Cc6c(S(C)(=O)=O)nc7c(C)cc(C(O)(c8ccc(Cl)cc8)c8cncn8C)cc7c6Cl)cc5)n4)c(Cc4ccc(-n5cccn5)cc4)c(Cl)c3c2)c2cnnn2C)c(C)n1. The van der Waals surface area contributed by atoms with Gasteiger partial charge in [0.1, 0.15) is 5.82 Å². The Balaban J connectivity index is 0.827. The Morgan fingerprint density at radius 1 is 0.686 bits per heavy atom. The minimum atomic E-state index is -3.88. The Kier molecular flexibility index (Phi) is 14.3. The Bertz CT molecular complexity index is 4720. The molecule has 3 atom stereocenters. The van der Waals surface area contributed by atoms with E-state index in [1.54, 1.807) is 84.7 Å². The quantitative estimate of drug-likeness (QED) is 0.0983. The molecule has 0 bridgehead atoms. The molecule has 2 N–H and O–H groups in total. The summed E-state index contributed by atoms with van der Waals surface area (Å²) in [7, 11) is -0.322. The third-order valence-electron chi connectivity index (χ3n) is 16.5. The van der Waals surface area contributed by atoms with Gasteiger partial charge in [0.15, 0.2) is 26.1 Å². The highest BCUT2D eigenvalue weighted by Gasteiger charge is 2.41. The molecule has 1 saturated heterocycles. The Morgan fingerprint density at radius 2 is 1.37 bits per heavy atom. The van der Waals surface area contributed by atoms with Crippen molar-refractivity contribution in [2.45, 2.75) is 62.3 Å². The molecule has 13 rings (SSSR count). The van der Waals surface area contributed by atoms with Gasteiger partial charge in [-0.05, 0) is 133 Å². The molecular formula is C65H56Cl3N13O4S. The molecule has 1 aliphatic rings. The molecule has 432 valence electrons. The third-order valence-corrected chi connectivity index (χ3v) is 18.7. The molecule has 0 saturated carbocycles. The number of pyridine rings is 3. The maximum atomic E-state index is 13.6. The summed E-state index contributed by atoms with van der Waals surface area (Å²) in [6, 6.07) is 39.7. The number of anilines is 1. The standard InChI is InChI=1S/C65H56Cl3N13O4S/c1-38-30-45(64(82,57-35-69-37-77(57)4)43-13-16-46(66)17-14-43)34-50-60(68)52(63(74-61(38)50)86(6,84)85)32-42-11-20-48(21-12-42)81-29-24-55(75-81)56-25-28-79(56)62-51(31-41-9-18-47(19-10-41)80-27-7-26-71-80)59(67)49-33-44(15-23-54(49)73-62)65(83,58-36-70-76-78(58)5)53-22-8-39(2)72-40(53)3/h7-24,26-27,29-30,33-37,56,82-83H,25,28,31-32H2,1-6H3. The van der Waals surface area contributed by atoms with Gasteiger partial charge in [0.05, 0.1) is 74.3 Å². The molecule has 1 fully saturated rings. The van der Waals surface area contributed by atoms with Crippen molar-refractivity contribution in [2.24, 2.45) is 14.1 Å². The first kappa shape index (κ1) is 56.5. The molecular weight excluding hydrogens is 1170 g/mol. The van der Waals surface area contributed by atoms with Gasteiger partial charge in [0.25, 0.3) is 0 Å². The lowest BCUT2D eigenvalue weighted by Crippen LogP contribution is -2.42. The highest BCUT2D eigenvalue weighted by atomic mass is 35.5. The number of fused-ring (bicyclic) bond motifs is 2. The number of aliphatic hydroxyl groups is 2. The first-order valence-electron chi connectivity index (χ1n) is 27.7. The van der Waals surface area contributed by atoms with E-state index in [-0.39, 0.29) is 22.5 Å². The molecule has 3 unspecified atom stereocenters. The Labute approximate surface area is 510 Å². The van der Waals surface area contributed by atoms with E-state index >= 15 is 0 Å². The number of benzene rings is 5. The van der Waals surface area contributed by atoms with Gasteiger partial charge in [0, 0.05) is 102 Å². The van der Waals surface area contributed by atoms with E-state index in [1.165, 1.54) is 0 Å². The van der Waals surface area contributed by atoms with E-state index in [0.717, 1.165) is 57.9 Å². The van der Waals surface area contributed by atoms with Crippen LogP contribution in [0.3, 0.4) is 0 Å². The normalized spacial score (nSPS) is 15.1. The number of aryl methyl sites for hydroxylation is 5. The van der Waals surface area contributed by atoms with E-state index in [2.05, 4.69) is 37.4 Å². The van der Waals surface area contributed by atoms with Gasteiger partial charge in [-0.1, -0.05) is 94.6 Å². The number of halogens is 3. The van der Waals surface area contributed by atoms with Crippen molar-refractivity contribution in [3.05, 3.63) is 258 Å². The summed E-state index contributed by atoms with van der Waals surface area (Å²) in [6.07, 6.45) is 12.9. The second-order valence-corrected chi connectivity index (χ2v) is 25.2. The zero-order valence-corrected chi connectivity index (χ0v) is 50.6. The molecule has 0 spiro atoms. The van der Waals surface area contributed by atoms with Crippen LogP contribution in [0, 0.1) is 20.8 Å². The van der Waals surface area contributed by atoms with Crippen LogP contribution >= 0.6 is 34.8 Å². The number of imidazole rings is 1. The number of sulfone groups is 1. The lowest BCUT2D eigenvalue weighted by Gasteiger charge is -2.42. The van der Waals surface area contributed by atoms with Crippen LogP contribution < -0.4 is 4.90 Å². The largest absolute Gasteiger partial charge is 0.374 e. The predicted molar refractivity (Wildman–Crippen MR) is 332 cm³/mol. The summed E-state index contributed by atoms with van der Waals surface area (Å²) < 4.78 is 34.1. The van der Waals surface area contributed by atoms with E-state index in [4.69, 9.17) is 54.9 Å². The molecule has 17 nitrogen and oxygen atoms in total. The van der Waals surface area contributed by atoms with Crippen molar-refractivity contribution in [3.63, 3.8) is 0 Å². The van der Waals surface area contributed by atoms with Crippen molar-refractivity contribution in [2.75, 3.05) is 17.7 Å². The monoisotopic (exact) mass is 1220 g/mol. The number of aromatic nitrogens is 12. The van der Waals surface area contributed by atoms with E-state index in [9.17, 15) is 18.6 Å². The Hall–Kier alpha value is -8.62. The lowest BCUT2D eigenvalue weighted by molar-refractivity contribution is 0.115. The van der Waals surface area contributed by atoms with E-state index < -0.39 is 21.0 Å². The Morgan fingerprint density at radius 3 is 2.00 bits per heavy atom. The number of hydrogen-bond acceptors (Lipinski definition) is 13. The smallest absolute Gasteiger partial charge is 0.193 e. The maximum Gasteiger partial charge on any atom is 0.193 e. The summed E-state index contributed by atoms with van der Waals surface area (Å²) in [6.45, 7) is 6.32. The van der Waals surface area contributed by atoms with Crippen LogP contribution in [0.2, 0.25) is 15.1 Å². The van der Waals surface area contributed by atoms with Crippen molar-refractivity contribution in [1.29, 1.82) is 0 Å². The molecule has 21 heteroatoms. The van der Waals surface area contributed by atoms with Crippen LogP contribution in [0.5, 0.6) is 0 Å². The summed E-state index contributed by atoms with van der Waals surface area (Å²) in [5, 5.41) is 46.0. The van der Waals surface area contributed by atoms with E-state index in [1.807, 2.05) is 121 Å². The number of rotatable bonds is 15. The lowest BCUT2D eigenvalue weighted by atomic mass is 9.82. The van der Waals surface area contributed by atoms with Crippen LogP contribution in [-0.2, 0) is 48.0 Å². The topological polar surface area (TPSA) is 201 Å². The predicted octanol–water partition coefficient (Wildman–Crippen LogP) is 11.4. The van der Waals surface area contributed by atoms with Crippen molar-refractivity contribution in [3.8, 4) is 11.4 Å². The van der Waals surface area contributed by atoms with Crippen LogP contribution in [0.1, 0.15) is 91.0 Å². The maximum absolute atomic E-state index is 13.6. The molecule has 86 heavy (non-hydrogen) atoms. The first-order chi connectivity index (χ1) is 41.3. The first-order valence-corrected chi connectivity index (χ1v) is 30.7. The number of nitrogens with zero attached hydrogens (tertiary/aromatic N) is 13. The van der Waals surface area contributed by atoms with Gasteiger partial charge in [-0.25, -0.2) is 37.4 Å². The molecule has 5 aromatic carbocycles. The fourth-order valence-electron chi connectivity index (χ4n) is 12.0. The highest BCUT2D eigenvalue weighted by Crippen LogP contribution is 2.46. The third kappa shape index (κ3) is 9.79. The van der Waals surface area contributed by atoms with Gasteiger partial charge in [0.2, 0.25) is 0 Å². The molecule has 0 amide bonds. The highest BCUT2D eigenvalue weighted by molar-refractivity contribution is 7.90. The molecule has 0 radical (unpaired) electrons. The minimum absolute atomic E-state index is 0.119. The van der Waals surface area contributed by atoms with E-state index in [0.29, 0.717) is 95.3 Å². The second-order valence-electron chi connectivity index (χ2n) is 22.1. The molecule has 12 aromatic rings. The average molecular weight is 1220 g/mol. The van der Waals surface area contributed by atoms with Crippen LogP contribution in [0.15, 0.2) is 170 Å². The zero-order valence-electron chi connectivity index (χ0n) is 47.6. The second kappa shape index (κ2) is 21.7. The summed E-state index contributed by atoms with van der Waals surface area (Å²) >= 11 is 21.4. The molecule has 7 aromatic heterocycles. The summed E-state index contributed by atoms with van der Waals surface area (Å²) in [5.74, 6) is 0.735. The van der Waals surface area contributed by atoms with Gasteiger partial charge >= 0.3 is 0 Å². The van der Waals surface area contributed by atoms with Crippen LogP contribution in [-0.4, -0.2) is 90.5 Å². The zero-order chi connectivity index (χ0) is 60.0. The summed E-state index contributed by atoms with van der Waals surface area (Å²) in [4.78, 5) is 21.5. The van der Waals surface area contributed by atoms with Gasteiger partial charge in [-0.15, -0.1) is 5.10 Å². The van der Waals surface area contributed by atoms with Crippen molar-refractivity contribution < 1.29 is 18.6 Å². The van der Waals surface area contributed by atoms with Crippen LogP contribution in [0.25, 0.3) is 33.2 Å². The molecule has 1 aliphatic heterocycles.